The third-order valence-corrected chi connectivity index (χ3v) is 4.82. The Balaban J connectivity index is 1.70. The number of hydrogen-bond acceptors (Lipinski definition) is 3. The molecule has 0 radical (unpaired) electrons. The van der Waals surface area contributed by atoms with E-state index in [2.05, 4.69) is 26.6 Å². The number of benzene rings is 3. The molecule has 0 saturated heterocycles. The molecular formula is C24H23BrN2O3. The number of nitrogens with one attached hydrogen (secondary N) is 2. The van der Waals surface area contributed by atoms with Crippen LogP contribution in [0.1, 0.15) is 39.6 Å². The number of hydrogen-bond donors (Lipinski definition) is 2. The molecule has 3 aromatic rings. The normalized spacial score (nSPS) is 10.3. The van der Waals surface area contributed by atoms with E-state index in [1.807, 2.05) is 43.3 Å². The SMILES string of the molecule is CCCOc1ccc(Br)cc1C(=O)Nc1cccc(C(=O)NCc2ccccc2)c1. The summed E-state index contributed by atoms with van der Waals surface area (Å²) in [6.45, 7) is 2.97. The van der Waals surface area contributed by atoms with Crippen molar-refractivity contribution < 1.29 is 14.3 Å². The lowest BCUT2D eigenvalue weighted by atomic mass is 10.1. The highest BCUT2D eigenvalue weighted by atomic mass is 79.9. The third-order valence-electron chi connectivity index (χ3n) is 4.33. The first-order valence-electron chi connectivity index (χ1n) is 9.72. The molecule has 154 valence electrons. The minimum atomic E-state index is -0.302. The molecule has 3 rings (SSSR count). The summed E-state index contributed by atoms with van der Waals surface area (Å²) in [5.41, 5.74) is 2.45. The zero-order chi connectivity index (χ0) is 21.3. The number of rotatable bonds is 8. The van der Waals surface area contributed by atoms with Gasteiger partial charge in [-0.25, -0.2) is 0 Å². The molecule has 0 unspecified atom stereocenters. The van der Waals surface area contributed by atoms with Crippen LogP contribution in [0.25, 0.3) is 0 Å². The monoisotopic (exact) mass is 466 g/mol. The lowest BCUT2D eigenvalue weighted by Gasteiger charge is -2.12. The molecule has 0 spiro atoms. The summed E-state index contributed by atoms with van der Waals surface area (Å²) >= 11 is 3.40. The molecule has 0 aliphatic carbocycles. The maximum Gasteiger partial charge on any atom is 0.259 e. The molecule has 0 fully saturated rings. The summed E-state index contributed by atoms with van der Waals surface area (Å²) in [5.74, 6) is 0.0166. The number of carbonyl (C=O) groups is 2. The van der Waals surface area contributed by atoms with Gasteiger partial charge < -0.3 is 15.4 Å². The van der Waals surface area contributed by atoms with Crippen LogP contribution in [-0.4, -0.2) is 18.4 Å². The summed E-state index contributed by atoms with van der Waals surface area (Å²) in [4.78, 5) is 25.3. The smallest absolute Gasteiger partial charge is 0.259 e. The van der Waals surface area contributed by atoms with Gasteiger partial charge in [-0.05, 0) is 48.4 Å². The molecule has 0 saturated carbocycles. The second-order valence-corrected chi connectivity index (χ2v) is 7.61. The van der Waals surface area contributed by atoms with Gasteiger partial charge in [-0.1, -0.05) is 59.3 Å². The maximum atomic E-state index is 12.8. The number of anilines is 1. The van der Waals surface area contributed by atoms with Gasteiger partial charge in [0.2, 0.25) is 0 Å². The minimum absolute atomic E-state index is 0.204. The quantitative estimate of drug-likeness (QED) is 0.465. The average Bonchev–Trinajstić information content (AvgIpc) is 2.77. The first kappa shape index (κ1) is 21.6. The van der Waals surface area contributed by atoms with Crippen LogP contribution in [0, 0.1) is 0 Å². The van der Waals surface area contributed by atoms with Gasteiger partial charge in [0, 0.05) is 22.3 Å². The van der Waals surface area contributed by atoms with Crippen LogP contribution < -0.4 is 15.4 Å². The van der Waals surface area contributed by atoms with Crippen LogP contribution in [0.4, 0.5) is 5.69 Å². The first-order valence-corrected chi connectivity index (χ1v) is 10.5. The van der Waals surface area contributed by atoms with Crippen molar-refractivity contribution in [3.05, 3.63) is 94.0 Å². The van der Waals surface area contributed by atoms with E-state index in [4.69, 9.17) is 4.74 Å². The second-order valence-electron chi connectivity index (χ2n) is 6.69. The first-order chi connectivity index (χ1) is 14.6. The van der Waals surface area contributed by atoms with Crippen molar-refractivity contribution >= 4 is 33.4 Å². The van der Waals surface area contributed by atoms with Crippen LogP contribution >= 0.6 is 15.9 Å². The predicted octanol–water partition coefficient (Wildman–Crippen LogP) is 5.42. The van der Waals surface area contributed by atoms with Crippen LogP contribution in [0.5, 0.6) is 5.75 Å². The van der Waals surface area contributed by atoms with Crippen molar-refractivity contribution in [3.8, 4) is 5.75 Å². The van der Waals surface area contributed by atoms with E-state index in [0.29, 0.717) is 35.7 Å². The van der Waals surface area contributed by atoms with Crippen LogP contribution in [0.2, 0.25) is 0 Å². The maximum absolute atomic E-state index is 12.8. The van der Waals surface area contributed by atoms with Crippen molar-refractivity contribution in [2.24, 2.45) is 0 Å². The Bertz CT molecular complexity index is 1020. The molecule has 0 aliphatic rings. The third kappa shape index (κ3) is 5.94. The summed E-state index contributed by atoms with van der Waals surface area (Å²) in [5, 5.41) is 5.74. The lowest BCUT2D eigenvalue weighted by Crippen LogP contribution is -2.23. The Morgan fingerprint density at radius 2 is 1.73 bits per heavy atom. The van der Waals surface area contributed by atoms with Gasteiger partial charge in [0.25, 0.3) is 11.8 Å². The van der Waals surface area contributed by atoms with E-state index in [1.54, 1.807) is 36.4 Å². The molecule has 0 bridgehead atoms. The van der Waals surface area contributed by atoms with Crippen LogP contribution in [0.3, 0.4) is 0 Å². The molecule has 3 aromatic carbocycles. The highest BCUT2D eigenvalue weighted by Gasteiger charge is 2.15. The van der Waals surface area contributed by atoms with Crippen molar-refractivity contribution in [2.45, 2.75) is 19.9 Å². The fraction of sp³-hybridized carbons (Fsp3) is 0.167. The molecule has 0 aromatic heterocycles. The van der Waals surface area contributed by atoms with Crippen LogP contribution in [0.15, 0.2) is 77.3 Å². The fourth-order valence-electron chi connectivity index (χ4n) is 2.83. The number of carbonyl (C=O) groups excluding carboxylic acids is 2. The molecule has 2 N–H and O–H groups in total. The summed E-state index contributed by atoms with van der Waals surface area (Å²) in [6, 6.07) is 21.9. The minimum Gasteiger partial charge on any atom is -0.493 e. The summed E-state index contributed by atoms with van der Waals surface area (Å²) < 4.78 is 6.47. The van der Waals surface area contributed by atoms with E-state index >= 15 is 0 Å². The van der Waals surface area contributed by atoms with E-state index in [1.165, 1.54) is 0 Å². The van der Waals surface area contributed by atoms with Gasteiger partial charge in [0.05, 0.1) is 12.2 Å². The molecule has 6 heteroatoms. The Labute approximate surface area is 184 Å². The van der Waals surface area contributed by atoms with Crippen molar-refractivity contribution in [2.75, 3.05) is 11.9 Å². The molecule has 2 amide bonds. The highest BCUT2D eigenvalue weighted by Crippen LogP contribution is 2.25. The van der Waals surface area contributed by atoms with E-state index in [0.717, 1.165) is 16.5 Å². The van der Waals surface area contributed by atoms with Gasteiger partial charge >= 0.3 is 0 Å². The van der Waals surface area contributed by atoms with Gasteiger partial charge in [0.15, 0.2) is 0 Å². The largest absolute Gasteiger partial charge is 0.493 e. The molecular weight excluding hydrogens is 444 g/mol. The highest BCUT2D eigenvalue weighted by molar-refractivity contribution is 9.10. The van der Waals surface area contributed by atoms with E-state index < -0.39 is 0 Å². The zero-order valence-electron chi connectivity index (χ0n) is 16.7. The standard InChI is InChI=1S/C24H23BrN2O3/c1-2-13-30-22-12-11-19(25)15-21(22)24(29)27-20-10-6-9-18(14-20)23(28)26-16-17-7-4-3-5-8-17/h3-12,14-15H,2,13,16H2,1H3,(H,26,28)(H,27,29). The Hall–Kier alpha value is -3.12. The zero-order valence-corrected chi connectivity index (χ0v) is 18.2. The molecule has 5 nitrogen and oxygen atoms in total. The van der Waals surface area contributed by atoms with Gasteiger partial charge in [0.1, 0.15) is 5.75 Å². The van der Waals surface area contributed by atoms with Crippen LogP contribution in [-0.2, 0) is 6.54 Å². The van der Waals surface area contributed by atoms with E-state index in [-0.39, 0.29) is 11.8 Å². The number of amides is 2. The molecule has 0 heterocycles. The Kier molecular flexibility index (Phi) is 7.63. The van der Waals surface area contributed by atoms with Crippen molar-refractivity contribution in [1.29, 1.82) is 0 Å². The Morgan fingerprint density at radius 1 is 0.933 bits per heavy atom. The second kappa shape index (κ2) is 10.6. The van der Waals surface area contributed by atoms with Crippen molar-refractivity contribution in [1.82, 2.24) is 5.32 Å². The van der Waals surface area contributed by atoms with Gasteiger partial charge in [-0.3, -0.25) is 9.59 Å². The van der Waals surface area contributed by atoms with Gasteiger partial charge in [-0.15, -0.1) is 0 Å². The predicted molar refractivity (Wildman–Crippen MR) is 122 cm³/mol. The molecule has 0 aliphatic heterocycles. The number of halogens is 1. The van der Waals surface area contributed by atoms with Gasteiger partial charge in [-0.2, -0.15) is 0 Å². The lowest BCUT2D eigenvalue weighted by molar-refractivity contribution is 0.0949. The van der Waals surface area contributed by atoms with Crippen molar-refractivity contribution in [3.63, 3.8) is 0 Å². The topological polar surface area (TPSA) is 67.4 Å². The average molecular weight is 467 g/mol. The molecule has 0 atom stereocenters. The number of ether oxygens (including phenoxy) is 1. The fourth-order valence-corrected chi connectivity index (χ4v) is 3.20. The molecule has 30 heavy (non-hydrogen) atoms. The summed E-state index contributed by atoms with van der Waals surface area (Å²) in [7, 11) is 0. The summed E-state index contributed by atoms with van der Waals surface area (Å²) in [6.07, 6.45) is 0.845. The Morgan fingerprint density at radius 3 is 2.50 bits per heavy atom. The van der Waals surface area contributed by atoms with E-state index in [9.17, 15) is 9.59 Å².